The van der Waals surface area contributed by atoms with Crippen LogP contribution in [-0.4, -0.2) is 14.2 Å². The number of ether oxygens (including phenoxy) is 2. The van der Waals surface area contributed by atoms with Gasteiger partial charge < -0.3 is 9.47 Å². The molecule has 1 unspecified atom stereocenters. The first-order chi connectivity index (χ1) is 8.12. The fraction of sp³-hybridized carbons (Fsp3) is 0.538. The Hall–Kier alpha value is -1.26. The maximum atomic E-state index is 5.68. The van der Waals surface area contributed by atoms with Crippen LogP contribution in [0.2, 0.25) is 0 Å². The van der Waals surface area contributed by atoms with E-state index in [1.807, 2.05) is 18.2 Å². The molecule has 0 aromatic heterocycles. The number of nitrogens with two attached hydrogens (primary N) is 1. The summed E-state index contributed by atoms with van der Waals surface area (Å²) in [5, 5.41) is 0. The molecular weight excluding hydrogens is 216 g/mol. The van der Waals surface area contributed by atoms with Crippen LogP contribution >= 0.6 is 0 Å². The fourth-order valence-corrected chi connectivity index (χ4v) is 2.18. The van der Waals surface area contributed by atoms with Gasteiger partial charge in [0.25, 0.3) is 0 Å². The quantitative estimate of drug-likeness (QED) is 0.606. The lowest BCUT2D eigenvalue weighted by molar-refractivity contribution is 0.361. The standard InChI is InChI=1S/C13H20N2O2/c1-13(4-5-13)12(15-14)9-6-10(16-2)8-11(7-9)17-3/h6-8,12,15H,4-5,14H2,1-3H3. The van der Waals surface area contributed by atoms with E-state index in [0.717, 1.165) is 17.1 Å². The molecule has 0 saturated heterocycles. The molecule has 0 amide bonds. The van der Waals surface area contributed by atoms with Crippen LogP contribution in [0.1, 0.15) is 31.4 Å². The minimum absolute atomic E-state index is 0.145. The molecule has 4 heteroatoms. The molecule has 0 bridgehead atoms. The summed E-state index contributed by atoms with van der Waals surface area (Å²) in [4.78, 5) is 0. The van der Waals surface area contributed by atoms with Crippen LogP contribution in [0.25, 0.3) is 0 Å². The van der Waals surface area contributed by atoms with Crippen molar-refractivity contribution >= 4 is 0 Å². The highest BCUT2D eigenvalue weighted by Crippen LogP contribution is 2.54. The second-order valence-corrected chi connectivity index (χ2v) is 4.90. The Morgan fingerprint density at radius 2 is 1.71 bits per heavy atom. The van der Waals surface area contributed by atoms with Crippen molar-refractivity contribution in [2.24, 2.45) is 11.3 Å². The Morgan fingerprint density at radius 1 is 1.18 bits per heavy atom. The number of hydrogen-bond acceptors (Lipinski definition) is 4. The van der Waals surface area contributed by atoms with Gasteiger partial charge in [0.15, 0.2) is 0 Å². The Labute approximate surface area is 102 Å². The molecule has 0 aliphatic heterocycles. The summed E-state index contributed by atoms with van der Waals surface area (Å²) in [6, 6.07) is 6.03. The summed E-state index contributed by atoms with van der Waals surface area (Å²) >= 11 is 0. The molecule has 1 saturated carbocycles. The molecule has 17 heavy (non-hydrogen) atoms. The smallest absolute Gasteiger partial charge is 0.122 e. The van der Waals surface area contributed by atoms with Crippen LogP contribution in [-0.2, 0) is 0 Å². The van der Waals surface area contributed by atoms with E-state index in [1.54, 1.807) is 14.2 Å². The van der Waals surface area contributed by atoms with Crippen molar-refractivity contribution < 1.29 is 9.47 Å². The van der Waals surface area contributed by atoms with Gasteiger partial charge in [-0.2, -0.15) is 0 Å². The monoisotopic (exact) mass is 236 g/mol. The van der Waals surface area contributed by atoms with Crippen LogP contribution in [0.15, 0.2) is 18.2 Å². The Bertz CT molecular complexity index is 380. The molecule has 1 fully saturated rings. The van der Waals surface area contributed by atoms with Gasteiger partial charge >= 0.3 is 0 Å². The largest absolute Gasteiger partial charge is 0.497 e. The van der Waals surface area contributed by atoms with E-state index in [0.29, 0.717) is 0 Å². The predicted molar refractivity (Wildman–Crippen MR) is 67.0 cm³/mol. The normalized spacial score (nSPS) is 18.6. The number of rotatable bonds is 5. The van der Waals surface area contributed by atoms with Crippen LogP contribution in [0.5, 0.6) is 11.5 Å². The number of nitrogens with one attached hydrogen (secondary N) is 1. The fourth-order valence-electron chi connectivity index (χ4n) is 2.18. The Kier molecular flexibility index (Phi) is 3.26. The number of hydrogen-bond donors (Lipinski definition) is 2. The van der Waals surface area contributed by atoms with Crippen LogP contribution in [0.4, 0.5) is 0 Å². The third-order valence-corrected chi connectivity index (χ3v) is 3.61. The molecule has 94 valence electrons. The van der Waals surface area contributed by atoms with Crippen molar-refractivity contribution in [2.75, 3.05) is 14.2 Å². The maximum Gasteiger partial charge on any atom is 0.122 e. The molecule has 2 rings (SSSR count). The van der Waals surface area contributed by atoms with Crippen molar-refractivity contribution in [1.82, 2.24) is 5.43 Å². The van der Waals surface area contributed by atoms with E-state index in [-0.39, 0.29) is 11.5 Å². The van der Waals surface area contributed by atoms with Crippen molar-refractivity contribution in [3.8, 4) is 11.5 Å². The highest BCUT2D eigenvalue weighted by Gasteiger charge is 2.45. The zero-order chi connectivity index (χ0) is 12.5. The number of hydrazine groups is 1. The first-order valence-corrected chi connectivity index (χ1v) is 5.82. The lowest BCUT2D eigenvalue weighted by Gasteiger charge is -2.24. The summed E-state index contributed by atoms with van der Waals surface area (Å²) in [6.45, 7) is 2.24. The van der Waals surface area contributed by atoms with E-state index in [2.05, 4.69) is 12.3 Å². The van der Waals surface area contributed by atoms with E-state index < -0.39 is 0 Å². The van der Waals surface area contributed by atoms with Crippen molar-refractivity contribution in [1.29, 1.82) is 0 Å². The van der Waals surface area contributed by atoms with Crippen LogP contribution in [0, 0.1) is 5.41 Å². The van der Waals surface area contributed by atoms with Gasteiger partial charge in [-0.1, -0.05) is 6.92 Å². The van der Waals surface area contributed by atoms with Crippen molar-refractivity contribution in [3.63, 3.8) is 0 Å². The highest BCUT2D eigenvalue weighted by molar-refractivity contribution is 5.40. The summed E-state index contributed by atoms with van der Waals surface area (Å²) < 4.78 is 10.6. The van der Waals surface area contributed by atoms with Gasteiger partial charge in [-0.25, -0.2) is 0 Å². The van der Waals surface area contributed by atoms with Gasteiger partial charge in [-0.15, -0.1) is 0 Å². The van der Waals surface area contributed by atoms with Gasteiger partial charge in [-0.05, 0) is 36.0 Å². The first kappa shape index (κ1) is 12.2. The zero-order valence-electron chi connectivity index (χ0n) is 10.6. The van der Waals surface area contributed by atoms with Gasteiger partial charge in [-0.3, -0.25) is 11.3 Å². The van der Waals surface area contributed by atoms with E-state index in [1.165, 1.54) is 12.8 Å². The van der Waals surface area contributed by atoms with Crippen molar-refractivity contribution in [3.05, 3.63) is 23.8 Å². The second-order valence-electron chi connectivity index (χ2n) is 4.90. The molecular formula is C13H20N2O2. The van der Waals surface area contributed by atoms with Gasteiger partial charge in [0, 0.05) is 6.07 Å². The lowest BCUT2D eigenvalue weighted by Crippen LogP contribution is -2.33. The highest BCUT2D eigenvalue weighted by atomic mass is 16.5. The average molecular weight is 236 g/mol. The first-order valence-electron chi connectivity index (χ1n) is 5.82. The topological polar surface area (TPSA) is 56.5 Å². The van der Waals surface area contributed by atoms with E-state index >= 15 is 0 Å². The van der Waals surface area contributed by atoms with Crippen LogP contribution in [0.3, 0.4) is 0 Å². The molecule has 1 aliphatic carbocycles. The zero-order valence-corrected chi connectivity index (χ0v) is 10.6. The molecule has 3 N–H and O–H groups in total. The van der Waals surface area contributed by atoms with Crippen LogP contribution < -0.4 is 20.7 Å². The molecule has 1 aromatic rings. The third kappa shape index (κ3) is 2.37. The Morgan fingerprint density at radius 3 is 2.06 bits per heavy atom. The molecule has 0 radical (unpaired) electrons. The van der Waals surface area contributed by atoms with E-state index in [9.17, 15) is 0 Å². The summed E-state index contributed by atoms with van der Waals surface area (Å²) in [5.74, 6) is 7.27. The van der Waals surface area contributed by atoms with Gasteiger partial charge in [0.1, 0.15) is 11.5 Å². The molecule has 1 atom stereocenters. The predicted octanol–water partition coefficient (Wildman–Crippen LogP) is 2.01. The number of methoxy groups -OCH3 is 2. The SMILES string of the molecule is COc1cc(OC)cc(C(NN)C2(C)CC2)c1. The number of benzene rings is 1. The molecule has 0 heterocycles. The molecule has 1 aliphatic rings. The maximum absolute atomic E-state index is 5.68. The third-order valence-electron chi connectivity index (χ3n) is 3.61. The summed E-state index contributed by atoms with van der Waals surface area (Å²) in [5.41, 5.74) is 4.28. The average Bonchev–Trinajstić information content (AvgIpc) is 3.08. The summed E-state index contributed by atoms with van der Waals surface area (Å²) in [6.07, 6.45) is 2.39. The minimum atomic E-state index is 0.145. The molecule has 1 aromatic carbocycles. The summed E-state index contributed by atoms with van der Waals surface area (Å²) in [7, 11) is 3.31. The lowest BCUT2D eigenvalue weighted by atomic mass is 9.92. The van der Waals surface area contributed by atoms with Crippen molar-refractivity contribution in [2.45, 2.75) is 25.8 Å². The molecule has 0 spiro atoms. The second kappa shape index (κ2) is 4.55. The molecule has 4 nitrogen and oxygen atoms in total. The van der Waals surface area contributed by atoms with Gasteiger partial charge in [0.05, 0.1) is 20.3 Å². The Balaban J connectivity index is 2.35. The minimum Gasteiger partial charge on any atom is -0.497 e. The van der Waals surface area contributed by atoms with Gasteiger partial charge in [0.2, 0.25) is 0 Å². The van der Waals surface area contributed by atoms with E-state index in [4.69, 9.17) is 15.3 Å².